The Morgan fingerprint density at radius 3 is 2.47 bits per heavy atom. The van der Waals surface area contributed by atoms with Crippen molar-refractivity contribution in [2.24, 2.45) is 0 Å². The maximum Gasteiger partial charge on any atom is 0.246 e. The van der Waals surface area contributed by atoms with Gasteiger partial charge in [0.15, 0.2) is 0 Å². The lowest BCUT2D eigenvalue weighted by Crippen LogP contribution is -2.53. The number of hydrogen-bond donors (Lipinski definition) is 2. The van der Waals surface area contributed by atoms with Crippen LogP contribution in [-0.4, -0.2) is 47.2 Å². The fourth-order valence-electron chi connectivity index (χ4n) is 1.66. The van der Waals surface area contributed by atoms with Crippen molar-refractivity contribution >= 4 is 10.0 Å². The molecule has 0 aromatic carbocycles. The molecule has 0 saturated carbocycles. The molecule has 7 heteroatoms. The van der Waals surface area contributed by atoms with Gasteiger partial charge in [-0.1, -0.05) is 0 Å². The zero-order valence-corrected chi connectivity index (χ0v) is 9.37. The smallest absolute Gasteiger partial charge is 0.246 e. The number of hydrogen-bond acceptors (Lipinski definition) is 4. The van der Waals surface area contributed by atoms with Crippen LogP contribution in [0.25, 0.3) is 0 Å². The van der Waals surface area contributed by atoms with Crippen molar-refractivity contribution in [1.29, 1.82) is 0 Å². The van der Waals surface area contributed by atoms with Crippen molar-refractivity contribution in [3.8, 4) is 0 Å². The minimum absolute atomic E-state index is 0.173. The van der Waals surface area contributed by atoms with Crippen LogP contribution in [0, 0.1) is 13.8 Å². The van der Waals surface area contributed by atoms with Crippen LogP contribution in [0.1, 0.15) is 11.4 Å². The zero-order valence-electron chi connectivity index (χ0n) is 8.56. The van der Waals surface area contributed by atoms with Gasteiger partial charge in [-0.25, -0.2) is 8.42 Å². The second-order valence-corrected chi connectivity index (χ2v) is 5.61. The number of aromatic amines is 1. The summed E-state index contributed by atoms with van der Waals surface area (Å²) in [5.74, 6) is 0. The van der Waals surface area contributed by atoms with Crippen LogP contribution < -0.4 is 0 Å². The summed E-state index contributed by atoms with van der Waals surface area (Å²) in [5.41, 5.74) is 1.00. The van der Waals surface area contributed by atoms with E-state index in [2.05, 4.69) is 10.2 Å². The van der Waals surface area contributed by atoms with E-state index in [1.54, 1.807) is 13.8 Å². The second kappa shape index (κ2) is 3.29. The monoisotopic (exact) mass is 231 g/mol. The van der Waals surface area contributed by atoms with Crippen LogP contribution in [0.2, 0.25) is 0 Å². The van der Waals surface area contributed by atoms with E-state index < -0.39 is 16.1 Å². The van der Waals surface area contributed by atoms with Crippen molar-refractivity contribution in [2.45, 2.75) is 24.8 Å². The minimum atomic E-state index is -3.47. The van der Waals surface area contributed by atoms with Crippen molar-refractivity contribution < 1.29 is 13.5 Å². The summed E-state index contributed by atoms with van der Waals surface area (Å²) in [6.45, 7) is 3.66. The summed E-state index contributed by atoms with van der Waals surface area (Å²) in [6, 6.07) is 0. The van der Waals surface area contributed by atoms with Crippen LogP contribution in [0.15, 0.2) is 4.90 Å². The Balaban J connectivity index is 2.38. The topological polar surface area (TPSA) is 86.3 Å². The quantitative estimate of drug-likeness (QED) is 0.711. The lowest BCUT2D eigenvalue weighted by molar-refractivity contribution is 0.0547. The van der Waals surface area contributed by atoms with Gasteiger partial charge >= 0.3 is 0 Å². The molecule has 1 aromatic rings. The van der Waals surface area contributed by atoms with E-state index in [9.17, 15) is 8.42 Å². The van der Waals surface area contributed by atoms with E-state index >= 15 is 0 Å². The molecule has 15 heavy (non-hydrogen) atoms. The van der Waals surface area contributed by atoms with Crippen molar-refractivity contribution in [3.63, 3.8) is 0 Å². The van der Waals surface area contributed by atoms with E-state index in [4.69, 9.17) is 5.11 Å². The summed E-state index contributed by atoms with van der Waals surface area (Å²) in [5, 5.41) is 15.6. The first-order valence-electron chi connectivity index (χ1n) is 4.62. The normalized spacial score (nSPS) is 19.1. The maximum absolute atomic E-state index is 12.0. The molecule has 0 unspecified atom stereocenters. The van der Waals surface area contributed by atoms with Gasteiger partial charge in [0, 0.05) is 13.1 Å². The number of aromatic nitrogens is 2. The molecule has 0 radical (unpaired) electrons. The molecule has 0 bridgehead atoms. The molecule has 0 spiro atoms. The zero-order chi connectivity index (χ0) is 11.2. The van der Waals surface area contributed by atoms with Gasteiger partial charge in [0.1, 0.15) is 4.90 Å². The SMILES string of the molecule is Cc1n[nH]c(C)c1S(=O)(=O)N1CC(O)C1. The number of nitrogens with one attached hydrogen (secondary N) is 1. The number of nitrogens with zero attached hydrogens (tertiary/aromatic N) is 2. The Morgan fingerprint density at radius 2 is 2.07 bits per heavy atom. The highest BCUT2D eigenvalue weighted by Gasteiger charge is 2.37. The number of aliphatic hydroxyl groups excluding tert-OH is 1. The van der Waals surface area contributed by atoms with E-state index in [1.807, 2.05) is 0 Å². The van der Waals surface area contributed by atoms with Gasteiger partial charge in [0.25, 0.3) is 0 Å². The molecule has 1 aliphatic rings. The van der Waals surface area contributed by atoms with Gasteiger partial charge in [-0.3, -0.25) is 5.10 Å². The molecular weight excluding hydrogens is 218 g/mol. The first kappa shape index (κ1) is 10.6. The number of sulfonamides is 1. The van der Waals surface area contributed by atoms with Crippen molar-refractivity contribution in [2.75, 3.05) is 13.1 Å². The average Bonchev–Trinajstić information content (AvgIpc) is 2.41. The lowest BCUT2D eigenvalue weighted by Gasteiger charge is -2.34. The molecule has 6 nitrogen and oxygen atoms in total. The van der Waals surface area contributed by atoms with E-state index in [-0.39, 0.29) is 18.0 Å². The van der Waals surface area contributed by atoms with Crippen LogP contribution >= 0.6 is 0 Å². The third-order valence-corrected chi connectivity index (χ3v) is 4.58. The summed E-state index contributed by atoms with van der Waals surface area (Å²) in [4.78, 5) is 0.231. The molecular formula is C8H13N3O3S. The van der Waals surface area contributed by atoms with Gasteiger partial charge in [0.05, 0.1) is 17.5 Å². The first-order chi connectivity index (χ1) is 6.93. The molecule has 2 rings (SSSR count). The lowest BCUT2D eigenvalue weighted by atomic mass is 10.2. The predicted molar refractivity (Wildman–Crippen MR) is 52.8 cm³/mol. The number of aryl methyl sites for hydroxylation is 2. The Morgan fingerprint density at radius 1 is 1.47 bits per heavy atom. The van der Waals surface area contributed by atoms with Gasteiger partial charge < -0.3 is 5.11 Å². The van der Waals surface area contributed by atoms with E-state index in [0.717, 1.165) is 0 Å². The molecule has 1 saturated heterocycles. The number of aliphatic hydroxyl groups is 1. The first-order valence-corrected chi connectivity index (χ1v) is 6.06. The predicted octanol–water partition coefficient (Wildman–Crippen LogP) is -0.608. The number of H-pyrrole nitrogens is 1. The number of β-amino-alcohol motifs (C(OH)–C–C–N with tert-alkyl or cyclic N) is 1. The largest absolute Gasteiger partial charge is 0.390 e. The Hall–Kier alpha value is -0.920. The molecule has 0 atom stereocenters. The van der Waals surface area contributed by atoms with Gasteiger partial charge in [-0.05, 0) is 13.8 Å². The molecule has 1 aromatic heterocycles. The van der Waals surface area contributed by atoms with Crippen LogP contribution in [0.3, 0.4) is 0 Å². The van der Waals surface area contributed by atoms with Gasteiger partial charge in [0.2, 0.25) is 10.0 Å². The summed E-state index contributed by atoms with van der Waals surface area (Å²) in [6.07, 6.45) is -0.535. The summed E-state index contributed by atoms with van der Waals surface area (Å²) < 4.78 is 25.3. The fraction of sp³-hybridized carbons (Fsp3) is 0.625. The Kier molecular flexibility index (Phi) is 2.32. The molecule has 2 N–H and O–H groups in total. The van der Waals surface area contributed by atoms with Crippen LogP contribution in [-0.2, 0) is 10.0 Å². The molecule has 84 valence electrons. The Labute approximate surface area is 88.0 Å². The third-order valence-electron chi connectivity index (χ3n) is 2.49. The van der Waals surface area contributed by atoms with E-state index in [1.165, 1.54) is 4.31 Å². The maximum atomic E-state index is 12.0. The summed E-state index contributed by atoms with van der Waals surface area (Å²) >= 11 is 0. The highest BCUT2D eigenvalue weighted by atomic mass is 32.2. The van der Waals surface area contributed by atoms with Gasteiger partial charge in [-0.2, -0.15) is 9.40 Å². The van der Waals surface area contributed by atoms with Gasteiger partial charge in [-0.15, -0.1) is 0 Å². The third kappa shape index (κ3) is 1.56. The highest BCUT2D eigenvalue weighted by Crippen LogP contribution is 2.25. The molecule has 0 aliphatic carbocycles. The second-order valence-electron chi connectivity index (χ2n) is 3.74. The Bertz CT molecular complexity index is 454. The van der Waals surface area contributed by atoms with Crippen molar-refractivity contribution in [1.82, 2.24) is 14.5 Å². The molecule has 0 amide bonds. The molecule has 1 aliphatic heterocycles. The van der Waals surface area contributed by atoms with E-state index in [0.29, 0.717) is 11.4 Å². The number of rotatable bonds is 2. The average molecular weight is 231 g/mol. The highest BCUT2D eigenvalue weighted by molar-refractivity contribution is 7.89. The summed E-state index contributed by atoms with van der Waals surface area (Å²) in [7, 11) is -3.47. The minimum Gasteiger partial charge on any atom is -0.390 e. The standard InChI is InChI=1S/C8H13N3O3S/c1-5-8(6(2)10-9-5)15(13,14)11-3-7(12)4-11/h7,12H,3-4H2,1-2H3,(H,9,10). The molecule has 1 fully saturated rings. The van der Waals surface area contributed by atoms with Crippen molar-refractivity contribution in [3.05, 3.63) is 11.4 Å². The van der Waals surface area contributed by atoms with Crippen LogP contribution in [0.5, 0.6) is 0 Å². The fourth-order valence-corrected chi connectivity index (χ4v) is 3.51. The molecule has 2 heterocycles. The van der Waals surface area contributed by atoms with Crippen LogP contribution in [0.4, 0.5) is 0 Å².